The van der Waals surface area contributed by atoms with E-state index in [1.54, 1.807) is 24.4 Å². The molecule has 11 heteroatoms. The van der Waals surface area contributed by atoms with Crippen LogP contribution >= 0.6 is 11.6 Å². The number of pyridine rings is 1. The molecule has 8 nitrogen and oxygen atoms in total. The topological polar surface area (TPSA) is 99.7 Å². The van der Waals surface area contributed by atoms with E-state index in [1.165, 1.54) is 39.9 Å². The van der Waals surface area contributed by atoms with Crippen LogP contribution in [0.5, 0.6) is 0 Å². The molecule has 0 amide bonds. The average Bonchev–Trinajstić information content (AvgIpc) is 3.12. The van der Waals surface area contributed by atoms with Gasteiger partial charge in [0.1, 0.15) is 0 Å². The molecule has 4 aromatic rings. The van der Waals surface area contributed by atoms with Gasteiger partial charge >= 0.3 is 10.2 Å². The van der Waals surface area contributed by atoms with Crippen molar-refractivity contribution in [2.45, 2.75) is 4.90 Å². The van der Waals surface area contributed by atoms with Crippen LogP contribution in [0.2, 0.25) is 5.02 Å². The van der Waals surface area contributed by atoms with E-state index < -0.39 is 20.2 Å². The maximum Gasteiger partial charge on any atom is 0.303 e. The molecule has 0 atom stereocenters. The van der Waals surface area contributed by atoms with Gasteiger partial charge in [0.15, 0.2) is 0 Å². The number of anilines is 2. The fourth-order valence-corrected chi connectivity index (χ4v) is 6.61. The van der Waals surface area contributed by atoms with Crippen LogP contribution in [0.4, 0.5) is 11.4 Å². The van der Waals surface area contributed by atoms with Crippen molar-refractivity contribution in [2.24, 2.45) is 0 Å². The molecule has 180 valence electrons. The first-order valence-electron chi connectivity index (χ1n) is 10.7. The Hall–Kier alpha value is -3.18. The van der Waals surface area contributed by atoms with E-state index in [-0.39, 0.29) is 4.90 Å². The minimum absolute atomic E-state index is 0.00554. The second kappa shape index (κ2) is 8.80. The number of nitrogens with zero attached hydrogens (tertiary/aromatic N) is 3. The summed E-state index contributed by atoms with van der Waals surface area (Å²) >= 11 is 6.46. The SMILES string of the molecule is CN1CCN(c2ccc(S(=O)(=O)Nc3ccc(Cl)c(-c4nccc5ccccc45)c3)cc2)S1(=O)=O. The highest BCUT2D eigenvalue weighted by atomic mass is 35.5. The van der Waals surface area contributed by atoms with Crippen molar-refractivity contribution in [1.82, 2.24) is 9.29 Å². The summed E-state index contributed by atoms with van der Waals surface area (Å²) in [5, 5.41) is 2.33. The first-order valence-corrected chi connectivity index (χ1v) is 13.9. The molecule has 0 bridgehead atoms. The Morgan fingerprint density at radius 1 is 0.971 bits per heavy atom. The van der Waals surface area contributed by atoms with E-state index in [2.05, 4.69) is 9.71 Å². The molecule has 2 heterocycles. The van der Waals surface area contributed by atoms with Crippen molar-refractivity contribution in [2.75, 3.05) is 29.2 Å². The zero-order chi connectivity index (χ0) is 24.8. The number of sulfonamides is 1. The lowest BCUT2D eigenvalue weighted by Crippen LogP contribution is -2.30. The van der Waals surface area contributed by atoms with Crippen LogP contribution in [0.25, 0.3) is 22.0 Å². The Bertz CT molecular complexity index is 1640. The minimum atomic E-state index is -3.94. The minimum Gasteiger partial charge on any atom is -0.280 e. The average molecular weight is 529 g/mol. The number of hydrogen-bond acceptors (Lipinski definition) is 5. The number of nitrogens with one attached hydrogen (secondary N) is 1. The maximum absolute atomic E-state index is 13.1. The van der Waals surface area contributed by atoms with Gasteiger partial charge < -0.3 is 0 Å². The summed E-state index contributed by atoms with van der Waals surface area (Å²) in [7, 11) is -6.02. The normalized spacial score (nSPS) is 16.0. The molecular weight excluding hydrogens is 508 g/mol. The lowest BCUT2D eigenvalue weighted by molar-refractivity contribution is 0.511. The second-order valence-corrected chi connectivity index (χ2v) is 12.1. The molecule has 1 fully saturated rings. The first-order chi connectivity index (χ1) is 16.7. The summed E-state index contributed by atoms with van der Waals surface area (Å²) in [5.74, 6) is 0. The van der Waals surface area contributed by atoms with E-state index in [0.29, 0.717) is 40.7 Å². The third-order valence-corrected chi connectivity index (χ3v) is 9.52. The zero-order valence-electron chi connectivity index (χ0n) is 18.6. The standard InChI is InChI=1S/C24H21ClN4O4S2/c1-28-14-15-29(35(28,32)33)19-7-9-20(10-8-19)34(30,31)27-18-6-11-23(25)22(16-18)24-21-5-3-2-4-17(21)12-13-26-24/h2-13,16,27H,14-15H2,1H3. The first kappa shape index (κ1) is 23.6. The number of benzene rings is 3. The number of likely N-dealkylation sites (N-methyl/N-ethyl adjacent to an activating group) is 1. The van der Waals surface area contributed by atoms with Crippen LogP contribution in [-0.2, 0) is 20.2 Å². The Kier molecular flexibility index (Phi) is 5.92. The summed E-state index contributed by atoms with van der Waals surface area (Å²) in [6.07, 6.45) is 1.69. The fraction of sp³-hybridized carbons (Fsp3) is 0.125. The summed E-state index contributed by atoms with van der Waals surface area (Å²) in [6.45, 7) is 0.674. The number of hydrogen-bond donors (Lipinski definition) is 1. The third-order valence-electron chi connectivity index (χ3n) is 5.87. The van der Waals surface area contributed by atoms with E-state index in [9.17, 15) is 16.8 Å². The maximum atomic E-state index is 13.1. The zero-order valence-corrected chi connectivity index (χ0v) is 21.0. The van der Waals surface area contributed by atoms with Crippen LogP contribution < -0.4 is 9.03 Å². The molecule has 35 heavy (non-hydrogen) atoms. The van der Waals surface area contributed by atoms with Gasteiger partial charge in [-0.3, -0.25) is 14.0 Å². The fourth-order valence-electron chi connectivity index (χ4n) is 4.00. The highest BCUT2D eigenvalue weighted by molar-refractivity contribution is 7.92. The summed E-state index contributed by atoms with van der Waals surface area (Å²) in [6, 6.07) is 20.2. The van der Waals surface area contributed by atoms with Crippen LogP contribution in [0.3, 0.4) is 0 Å². The summed E-state index contributed by atoms with van der Waals surface area (Å²) in [5.41, 5.74) is 1.98. The molecule has 5 rings (SSSR count). The Labute approximate surface area is 209 Å². The molecule has 1 saturated heterocycles. The number of fused-ring (bicyclic) bond motifs is 1. The largest absolute Gasteiger partial charge is 0.303 e. The lowest BCUT2D eigenvalue weighted by atomic mass is 10.0. The lowest BCUT2D eigenvalue weighted by Gasteiger charge is -2.18. The molecule has 1 aliphatic heterocycles. The van der Waals surface area contributed by atoms with Gasteiger partial charge in [0.05, 0.1) is 21.3 Å². The van der Waals surface area contributed by atoms with Gasteiger partial charge in [-0.05, 0) is 53.9 Å². The molecule has 0 saturated carbocycles. The van der Waals surface area contributed by atoms with Crippen molar-refractivity contribution in [3.8, 4) is 11.3 Å². The van der Waals surface area contributed by atoms with E-state index in [0.717, 1.165) is 10.8 Å². The Morgan fingerprint density at radius 3 is 2.43 bits per heavy atom. The Balaban J connectivity index is 1.44. The number of aromatic nitrogens is 1. The number of rotatable bonds is 5. The van der Waals surface area contributed by atoms with Crippen LogP contribution in [0.15, 0.2) is 83.9 Å². The van der Waals surface area contributed by atoms with E-state index in [1.807, 2.05) is 30.3 Å². The van der Waals surface area contributed by atoms with Crippen LogP contribution in [-0.4, -0.2) is 46.3 Å². The predicted octanol–water partition coefficient (Wildman–Crippen LogP) is 4.35. The van der Waals surface area contributed by atoms with E-state index >= 15 is 0 Å². The highest BCUT2D eigenvalue weighted by Gasteiger charge is 2.34. The van der Waals surface area contributed by atoms with Crippen molar-refractivity contribution < 1.29 is 16.8 Å². The monoisotopic (exact) mass is 528 g/mol. The smallest absolute Gasteiger partial charge is 0.280 e. The van der Waals surface area contributed by atoms with Gasteiger partial charge in [-0.25, -0.2) is 8.42 Å². The second-order valence-electron chi connectivity index (χ2n) is 8.08. The van der Waals surface area contributed by atoms with Gasteiger partial charge in [0.2, 0.25) is 0 Å². The predicted molar refractivity (Wildman–Crippen MR) is 138 cm³/mol. The molecule has 1 N–H and O–H groups in total. The van der Waals surface area contributed by atoms with Crippen molar-refractivity contribution in [1.29, 1.82) is 0 Å². The molecule has 1 aliphatic rings. The highest BCUT2D eigenvalue weighted by Crippen LogP contribution is 2.34. The quantitative estimate of drug-likeness (QED) is 0.415. The van der Waals surface area contributed by atoms with Gasteiger partial charge in [0.25, 0.3) is 10.0 Å². The van der Waals surface area contributed by atoms with Crippen molar-refractivity contribution in [3.63, 3.8) is 0 Å². The van der Waals surface area contributed by atoms with Gasteiger partial charge in [-0.15, -0.1) is 0 Å². The summed E-state index contributed by atoms with van der Waals surface area (Å²) in [4.78, 5) is 4.48. The van der Waals surface area contributed by atoms with E-state index in [4.69, 9.17) is 11.6 Å². The molecule has 0 unspecified atom stereocenters. The van der Waals surface area contributed by atoms with Crippen molar-refractivity contribution in [3.05, 3.63) is 84.0 Å². The third kappa shape index (κ3) is 4.34. The molecular formula is C24H21ClN4O4S2. The van der Waals surface area contributed by atoms with Gasteiger partial charge in [-0.2, -0.15) is 12.7 Å². The van der Waals surface area contributed by atoms with Crippen molar-refractivity contribution >= 4 is 54.0 Å². The number of halogens is 1. The summed E-state index contributed by atoms with van der Waals surface area (Å²) < 4.78 is 56.0. The molecule has 0 radical (unpaired) electrons. The van der Waals surface area contributed by atoms with Crippen LogP contribution in [0.1, 0.15) is 0 Å². The van der Waals surface area contributed by atoms with Crippen LogP contribution in [0, 0.1) is 0 Å². The van der Waals surface area contributed by atoms with Gasteiger partial charge in [0, 0.05) is 43.0 Å². The molecule has 1 aromatic heterocycles. The van der Waals surface area contributed by atoms with Gasteiger partial charge in [-0.1, -0.05) is 35.9 Å². The molecule has 3 aromatic carbocycles. The Morgan fingerprint density at radius 2 is 1.71 bits per heavy atom. The molecule has 0 aliphatic carbocycles. The molecule has 0 spiro atoms.